The van der Waals surface area contributed by atoms with Crippen LogP contribution in [0.4, 0.5) is 5.69 Å². The molecule has 6 heteroatoms. The number of nitrogens with one attached hydrogen (secondary N) is 1. The van der Waals surface area contributed by atoms with Crippen LogP contribution in [0.2, 0.25) is 10.0 Å². The molecule has 0 saturated heterocycles. The van der Waals surface area contributed by atoms with Gasteiger partial charge in [0.2, 0.25) is 0 Å². The summed E-state index contributed by atoms with van der Waals surface area (Å²) in [4.78, 5) is 12.6. The predicted octanol–water partition coefficient (Wildman–Crippen LogP) is 6.33. The van der Waals surface area contributed by atoms with Gasteiger partial charge in [-0.05, 0) is 54.4 Å². The summed E-state index contributed by atoms with van der Waals surface area (Å²) in [5, 5.41) is 4.38. The monoisotopic (exact) mass is 443 g/mol. The molecule has 0 radical (unpaired) electrons. The number of anilines is 1. The summed E-state index contributed by atoms with van der Waals surface area (Å²) in [6, 6.07) is 21.9. The molecule has 0 saturated carbocycles. The Kier molecular flexibility index (Phi) is 7.75. The second kappa shape index (κ2) is 10.5. The number of hydrogen-bond acceptors (Lipinski definition) is 4. The maximum atomic E-state index is 12.6. The normalized spacial score (nSPS) is 12.8. The van der Waals surface area contributed by atoms with Crippen molar-refractivity contribution in [1.82, 2.24) is 0 Å². The first-order valence-electron chi connectivity index (χ1n) is 9.49. The van der Waals surface area contributed by atoms with Crippen molar-refractivity contribution in [3.05, 3.63) is 94.0 Å². The van der Waals surface area contributed by atoms with E-state index in [1.807, 2.05) is 60.7 Å². The second-order valence-electron chi connectivity index (χ2n) is 6.84. The number of methoxy groups -OCH3 is 1. The third-order valence-corrected chi connectivity index (χ3v) is 5.25. The smallest absolute Gasteiger partial charge is 0.160 e. The van der Waals surface area contributed by atoms with E-state index >= 15 is 0 Å². The lowest BCUT2D eigenvalue weighted by atomic mass is 9.98. The van der Waals surface area contributed by atoms with Crippen LogP contribution in [0.3, 0.4) is 0 Å². The first-order chi connectivity index (χ1) is 14.5. The minimum absolute atomic E-state index is 0.108. The van der Waals surface area contributed by atoms with Crippen LogP contribution in [-0.2, 0) is 16.1 Å². The number of Topliss-reactive ketones (excluding diaryl/α,β-unsaturated/α-hetero) is 1. The van der Waals surface area contributed by atoms with E-state index in [0.29, 0.717) is 16.7 Å². The van der Waals surface area contributed by atoms with Crippen molar-refractivity contribution in [2.75, 3.05) is 12.4 Å². The van der Waals surface area contributed by atoms with Gasteiger partial charge < -0.3 is 14.8 Å². The van der Waals surface area contributed by atoms with Crippen molar-refractivity contribution in [3.63, 3.8) is 0 Å². The van der Waals surface area contributed by atoms with E-state index in [9.17, 15) is 4.79 Å². The Hall–Kier alpha value is -2.53. The quantitative estimate of drug-likeness (QED) is 0.419. The van der Waals surface area contributed by atoms with Gasteiger partial charge in [-0.25, -0.2) is 0 Å². The van der Waals surface area contributed by atoms with E-state index in [0.717, 1.165) is 22.6 Å². The molecule has 2 atom stereocenters. The molecule has 1 N–H and O–H groups in total. The molecule has 4 nitrogen and oxygen atoms in total. The van der Waals surface area contributed by atoms with Gasteiger partial charge in [-0.1, -0.05) is 59.6 Å². The summed E-state index contributed by atoms with van der Waals surface area (Å²) in [7, 11) is 1.61. The number of carbonyl (C=O) groups is 1. The topological polar surface area (TPSA) is 47.6 Å². The zero-order valence-electron chi connectivity index (χ0n) is 16.8. The maximum absolute atomic E-state index is 12.6. The van der Waals surface area contributed by atoms with Crippen molar-refractivity contribution in [1.29, 1.82) is 0 Å². The van der Waals surface area contributed by atoms with Crippen molar-refractivity contribution in [2.24, 2.45) is 0 Å². The van der Waals surface area contributed by atoms with Crippen LogP contribution in [0.15, 0.2) is 72.8 Å². The molecule has 3 aromatic rings. The standard InChI is InChI=1S/C24H23Cl2NO3/c1-16(28)24(30-15-17-6-4-3-5-7-17)23(21-13-8-18(25)14-22(21)26)27-19-9-11-20(29-2)12-10-19/h3-14,23-24,27H,15H2,1-2H3/t23-,24+/m1/s1. The average molecular weight is 444 g/mol. The van der Waals surface area contributed by atoms with Gasteiger partial charge in [0.05, 0.1) is 19.8 Å². The first kappa shape index (κ1) is 22.2. The van der Waals surface area contributed by atoms with Gasteiger partial charge >= 0.3 is 0 Å². The number of benzene rings is 3. The number of rotatable bonds is 9. The van der Waals surface area contributed by atoms with Crippen molar-refractivity contribution in [3.8, 4) is 5.75 Å². The molecule has 0 aliphatic heterocycles. The van der Waals surface area contributed by atoms with Gasteiger partial charge in [0.25, 0.3) is 0 Å². The van der Waals surface area contributed by atoms with Crippen LogP contribution in [0.25, 0.3) is 0 Å². The van der Waals surface area contributed by atoms with E-state index in [4.69, 9.17) is 32.7 Å². The minimum Gasteiger partial charge on any atom is -0.497 e. The van der Waals surface area contributed by atoms with Gasteiger partial charge in [-0.15, -0.1) is 0 Å². The van der Waals surface area contributed by atoms with Crippen LogP contribution in [0.5, 0.6) is 5.75 Å². The van der Waals surface area contributed by atoms with Gasteiger partial charge in [-0.3, -0.25) is 4.79 Å². The van der Waals surface area contributed by atoms with Crippen molar-refractivity contribution in [2.45, 2.75) is 25.7 Å². The average Bonchev–Trinajstić information content (AvgIpc) is 2.74. The number of carbonyl (C=O) groups excluding carboxylic acids is 1. The van der Waals surface area contributed by atoms with Crippen molar-refractivity contribution < 1.29 is 14.3 Å². The van der Waals surface area contributed by atoms with E-state index in [2.05, 4.69) is 5.32 Å². The summed E-state index contributed by atoms with van der Waals surface area (Å²) in [5.74, 6) is 0.632. The molecule has 0 heterocycles. The van der Waals surface area contributed by atoms with Gasteiger partial charge in [-0.2, -0.15) is 0 Å². The Morgan fingerprint density at radius 3 is 2.30 bits per heavy atom. The summed E-state index contributed by atoms with van der Waals surface area (Å²) < 4.78 is 11.3. The highest BCUT2D eigenvalue weighted by Crippen LogP contribution is 2.33. The number of ketones is 1. The Morgan fingerprint density at radius 1 is 1.00 bits per heavy atom. The van der Waals surface area contributed by atoms with Gasteiger partial charge in [0.1, 0.15) is 11.9 Å². The van der Waals surface area contributed by atoms with E-state index in [1.54, 1.807) is 19.2 Å². The zero-order valence-corrected chi connectivity index (χ0v) is 18.3. The molecule has 0 unspecified atom stereocenters. The Morgan fingerprint density at radius 2 is 1.70 bits per heavy atom. The van der Waals surface area contributed by atoms with Crippen molar-refractivity contribution >= 4 is 34.7 Å². The molecule has 156 valence electrons. The zero-order chi connectivity index (χ0) is 21.5. The molecule has 3 aromatic carbocycles. The predicted molar refractivity (Wildman–Crippen MR) is 122 cm³/mol. The lowest BCUT2D eigenvalue weighted by Gasteiger charge is -2.28. The molecule has 0 amide bonds. The molecule has 30 heavy (non-hydrogen) atoms. The number of halogens is 2. The number of hydrogen-bond donors (Lipinski definition) is 1. The van der Waals surface area contributed by atoms with Crippen LogP contribution < -0.4 is 10.1 Å². The highest BCUT2D eigenvalue weighted by molar-refractivity contribution is 6.35. The molecule has 0 bridgehead atoms. The van der Waals surface area contributed by atoms with Crippen LogP contribution in [0, 0.1) is 0 Å². The lowest BCUT2D eigenvalue weighted by Crippen LogP contribution is -2.34. The highest BCUT2D eigenvalue weighted by atomic mass is 35.5. The SMILES string of the molecule is COc1ccc(N[C@H](c2ccc(Cl)cc2Cl)[C@@H](OCc2ccccc2)C(C)=O)cc1. The van der Waals surface area contributed by atoms with Crippen LogP contribution in [-0.4, -0.2) is 19.0 Å². The third-order valence-electron chi connectivity index (χ3n) is 4.69. The third kappa shape index (κ3) is 5.76. The van der Waals surface area contributed by atoms with E-state index in [-0.39, 0.29) is 5.78 Å². The molecule has 0 aromatic heterocycles. The fourth-order valence-electron chi connectivity index (χ4n) is 3.15. The Labute approximate surface area is 186 Å². The molecular weight excluding hydrogens is 421 g/mol. The largest absolute Gasteiger partial charge is 0.497 e. The van der Waals surface area contributed by atoms with Gasteiger partial charge in [0, 0.05) is 15.7 Å². The molecule has 0 aliphatic carbocycles. The maximum Gasteiger partial charge on any atom is 0.160 e. The lowest BCUT2D eigenvalue weighted by molar-refractivity contribution is -0.130. The fourth-order valence-corrected chi connectivity index (χ4v) is 3.67. The minimum atomic E-state index is -0.758. The second-order valence-corrected chi connectivity index (χ2v) is 7.69. The number of ether oxygens (including phenoxy) is 2. The molecule has 0 aliphatic rings. The van der Waals surface area contributed by atoms with E-state index < -0.39 is 12.1 Å². The summed E-state index contributed by atoms with van der Waals surface area (Å²) >= 11 is 12.6. The summed E-state index contributed by atoms with van der Waals surface area (Å²) in [6.45, 7) is 1.82. The molecular formula is C24H23Cl2NO3. The summed E-state index contributed by atoms with van der Waals surface area (Å²) in [5.41, 5.74) is 2.51. The molecule has 3 rings (SSSR count). The highest BCUT2D eigenvalue weighted by Gasteiger charge is 2.30. The van der Waals surface area contributed by atoms with E-state index in [1.165, 1.54) is 6.92 Å². The van der Waals surface area contributed by atoms with Crippen LogP contribution in [0.1, 0.15) is 24.1 Å². The first-order valence-corrected chi connectivity index (χ1v) is 10.2. The van der Waals surface area contributed by atoms with Crippen LogP contribution >= 0.6 is 23.2 Å². The fraction of sp³-hybridized carbons (Fsp3) is 0.208. The Balaban J connectivity index is 1.93. The molecule has 0 spiro atoms. The van der Waals surface area contributed by atoms with Gasteiger partial charge in [0.15, 0.2) is 5.78 Å². The Bertz CT molecular complexity index is 978. The molecule has 0 fully saturated rings. The summed E-state index contributed by atoms with van der Waals surface area (Å²) in [6.07, 6.45) is -0.758.